The molecule has 3 aromatic heterocycles. The van der Waals surface area contributed by atoms with Gasteiger partial charge in [-0.2, -0.15) is 4.98 Å². The van der Waals surface area contributed by atoms with E-state index in [0.717, 1.165) is 21.9 Å². The zero-order valence-corrected chi connectivity index (χ0v) is 16.1. The Morgan fingerprint density at radius 2 is 2.04 bits per heavy atom. The highest BCUT2D eigenvalue weighted by atomic mass is 32.1. The lowest BCUT2D eigenvalue weighted by Gasteiger charge is -2.24. The Hall–Kier alpha value is -3.04. The van der Waals surface area contributed by atoms with Crippen molar-refractivity contribution in [1.82, 2.24) is 25.1 Å². The number of nitrogens with zero attached hydrogens (tertiary/aromatic N) is 5. The lowest BCUT2D eigenvalue weighted by atomic mass is 10.1. The maximum Gasteiger partial charge on any atom is 0.268 e. The molecule has 0 spiro atoms. The third kappa shape index (κ3) is 2.98. The van der Waals surface area contributed by atoms with Gasteiger partial charge in [0.2, 0.25) is 5.82 Å². The van der Waals surface area contributed by atoms with Crippen molar-refractivity contribution in [3.63, 3.8) is 0 Å². The Labute approximate surface area is 164 Å². The number of aromatic nitrogens is 5. The standard InChI is InChI=1S/C19H17N5O3S/c1-11-3-8-16(28-11)19-20-18(22-27-19)17-14-10-26-15(9-24(14)23-21-17)12-4-6-13(25-2)7-5-12/h3-8,15H,9-10H2,1-2H3/t15-/m1/s1. The van der Waals surface area contributed by atoms with Crippen LogP contribution in [0.4, 0.5) is 0 Å². The van der Waals surface area contributed by atoms with Gasteiger partial charge in [-0.15, -0.1) is 16.4 Å². The largest absolute Gasteiger partial charge is 0.497 e. The Bertz CT molecular complexity index is 1120. The summed E-state index contributed by atoms with van der Waals surface area (Å²) in [5, 5.41) is 12.6. The van der Waals surface area contributed by atoms with Crippen molar-refractivity contribution in [2.45, 2.75) is 26.2 Å². The molecule has 0 saturated heterocycles. The first-order valence-electron chi connectivity index (χ1n) is 8.80. The highest BCUT2D eigenvalue weighted by Gasteiger charge is 2.27. The van der Waals surface area contributed by atoms with Crippen LogP contribution >= 0.6 is 11.3 Å². The summed E-state index contributed by atoms with van der Waals surface area (Å²) >= 11 is 1.61. The van der Waals surface area contributed by atoms with Crippen molar-refractivity contribution in [2.75, 3.05) is 7.11 Å². The van der Waals surface area contributed by atoms with Crippen LogP contribution in [-0.2, 0) is 17.9 Å². The van der Waals surface area contributed by atoms with E-state index < -0.39 is 0 Å². The van der Waals surface area contributed by atoms with E-state index in [2.05, 4.69) is 20.5 Å². The molecule has 1 aliphatic rings. The molecule has 0 aliphatic carbocycles. The molecule has 28 heavy (non-hydrogen) atoms. The van der Waals surface area contributed by atoms with Crippen LogP contribution in [0.15, 0.2) is 40.9 Å². The van der Waals surface area contributed by atoms with Crippen LogP contribution in [0.3, 0.4) is 0 Å². The molecule has 4 aromatic rings. The zero-order valence-electron chi connectivity index (χ0n) is 15.3. The number of hydrogen-bond donors (Lipinski definition) is 0. The van der Waals surface area contributed by atoms with Crippen LogP contribution < -0.4 is 4.74 Å². The molecule has 0 saturated carbocycles. The summed E-state index contributed by atoms with van der Waals surface area (Å²) in [4.78, 5) is 6.61. The molecule has 1 atom stereocenters. The third-order valence-electron chi connectivity index (χ3n) is 4.67. The second-order valence-corrected chi connectivity index (χ2v) is 7.76. The minimum Gasteiger partial charge on any atom is -0.497 e. The first-order valence-corrected chi connectivity index (χ1v) is 9.61. The smallest absolute Gasteiger partial charge is 0.268 e. The van der Waals surface area contributed by atoms with Gasteiger partial charge in [-0.1, -0.05) is 22.5 Å². The number of thiophene rings is 1. The van der Waals surface area contributed by atoms with E-state index in [9.17, 15) is 0 Å². The van der Waals surface area contributed by atoms with Gasteiger partial charge >= 0.3 is 0 Å². The molecule has 0 fully saturated rings. The summed E-state index contributed by atoms with van der Waals surface area (Å²) in [5.74, 6) is 1.73. The van der Waals surface area contributed by atoms with Crippen molar-refractivity contribution in [3.8, 4) is 28.0 Å². The van der Waals surface area contributed by atoms with Crippen molar-refractivity contribution < 1.29 is 14.0 Å². The van der Waals surface area contributed by atoms with Crippen molar-refractivity contribution >= 4 is 11.3 Å². The molecule has 5 rings (SSSR count). The van der Waals surface area contributed by atoms with Gasteiger partial charge in [-0.05, 0) is 36.8 Å². The van der Waals surface area contributed by atoms with Gasteiger partial charge in [0.05, 0.1) is 30.8 Å². The molecule has 0 bridgehead atoms. The summed E-state index contributed by atoms with van der Waals surface area (Å²) in [5.41, 5.74) is 2.51. The maximum atomic E-state index is 6.05. The molecule has 0 amide bonds. The summed E-state index contributed by atoms with van der Waals surface area (Å²) in [7, 11) is 1.65. The predicted molar refractivity (Wildman–Crippen MR) is 102 cm³/mol. The highest BCUT2D eigenvalue weighted by Crippen LogP contribution is 2.32. The van der Waals surface area contributed by atoms with Gasteiger partial charge < -0.3 is 14.0 Å². The molecular formula is C19H17N5O3S. The highest BCUT2D eigenvalue weighted by molar-refractivity contribution is 7.15. The summed E-state index contributed by atoms with van der Waals surface area (Å²) in [6.07, 6.45) is -0.0946. The molecule has 0 N–H and O–H groups in total. The maximum absolute atomic E-state index is 6.05. The number of hydrogen-bond acceptors (Lipinski definition) is 8. The number of benzene rings is 1. The van der Waals surface area contributed by atoms with E-state index in [0.29, 0.717) is 30.6 Å². The van der Waals surface area contributed by atoms with Gasteiger partial charge in [-0.3, -0.25) is 0 Å². The fourth-order valence-electron chi connectivity index (χ4n) is 3.17. The minimum absolute atomic E-state index is 0.0946. The number of fused-ring (bicyclic) bond motifs is 1. The van der Waals surface area contributed by atoms with E-state index in [1.54, 1.807) is 18.4 Å². The Kier molecular flexibility index (Phi) is 4.18. The van der Waals surface area contributed by atoms with E-state index in [4.69, 9.17) is 14.0 Å². The average Bonchev–Trinajstić information content (AvgIpc) is 3.46. The summed E-state index contributed by atoms with van der Waals surface area (Å²) in [6.45, 7) is 2.99. The molecule has 142 valence electrons. The monoisotopic (exact) mass is 395 g/mol. The fraction of sp³-hybridized carbons (Fsp3) is 0.263. The van der Waals surface area contributed by atoms with Gasteiger partial charge in [0.25, 0.3) is 5.89 Å². The lowest BCUT2D eigenvalue weighted by molar-refractivity contribution is -0.00114. The molecule has 1 aliphatic heterocycles. The zero-order chi connectivity index (χ0) is 19.1. The molecule has 4 heterocycles. The second-order valence-electron chi connectivity index (χ2n) is 6.47. The van der Waals surface area contributed by atoms with Gasteiger partial charge in [0.1, 0.15) is 11.9 Å². The van der Waals surface area contributed by atoms with Gasteiger partial charge in [0.15, 0.2) is 5.69 Å². The molecule has 9 heteroatoms. The van der Waals surface area contributed by atoms with Crippen LogP contribution in [0.5, 0.6) is 5.75 Å². The third-order valence-corrected chi connectivity index (χ3v) is 5.66. The Morgan fingerprint density at radius 1 is 1.18 bits per heavy atom. The van der Waals surface area contributed by atoms with Crippen LogP contribution in [0.1, 0.15) is 22.2 Å². The first kappa shape index (κ1) is 17.1. The Morgan fingerprint density at radius 3 is 2.79 bits per heavy atom. The number of rotatable bonds is 4. The van der Waals surface area contributed by atoms with Crippen molar-refractivity contribution in [3.05, 3.63) is 52.5 Å². The van der Waals surface area contributed by atoms with E-state index in [1.807, 2.05) is 48.0 Å². The fourth-order valence-corrected chi connectivity index (χ4v) is 3.96. The molecular weight excluding hydrogens is 378 g/mol. The van der Waals surface area contributed by atoms with E-state index >= 15 is 0 Å². The quantitative estimate of drug-likeness (QED) is 0.521. The van der Waals surface area contributed by atoms with Crippen LogP contribution in [0.25, 0.3) is 22.3 Å². The Balaban J connectivity index is 1.39. The van der Waals surface area contributed by atoms with Crippen LogP contribution in [0, 0.1) is 6.92 Å². The van der Waals surface area contributed by atoms with E-state index in [-0.39, 0.29) is 6.10 Å². The first-order chi connectivity index (χ1) is 13.7. The molecule has 8 nitrogen and oxygen atoms in total. The van der Waals surface area contributed by atoms with Crippen LogP contribution in [0.2, 0.25) is 0 Å². The number of ether oxygens (including phenoxy) is 2. The summed E-state index contributed by atoms with van der Waals surface area (Å²) < 4.78 is 18.5. The SMILES string of the molecule is COc1ccc([C@H]2Cn3nnc(-c4noc(-c5ccc(C)s5)n4)c3CO2)cc1. The topological polar surface area (TPSA) is 88.1 Å². The van der Waals surface area contributed by atoms with Gasteiger partial charge in [0, 0.05) is 4.88 Å². The van der Waals surface area contributed by atoms with E-state index in [1.165, 1.54) is 4.88 Å². The van der Waals surface area contributed by atoms with Gasteiger partial charge in [-0.25, -0.2) is 4.68 Å². The van der Waals surface area contributed by atoms with Crippen molar-refractivity contribution in [1.29, 1.82) is 0 Å². The predicted octanol–water partition coefficient (Wildman–Crippen LogP) is 3.65. The second kappa shape index (κ2) is 6.84. The van der Waals surface area contributed by atoms with Crippen LogP contribution in [-0.4, -0.2) is 32.2 Å². The summed E-state index contributed by atoms with van der Waals surface area (Å²) in [6, 6.07) is 11.8. The number of methoxy groups -OCH3 is 1. The molecule has 1 aromatic carbocycles. The molecule has 0 unspecified atom stereocenters. The average molecular weight is 395 g/mol. The van der Waals surface area contributed by atoms with Crippen molar-refractivity contribution in [2.24, 2.45) is 0 Å². The molecule has 0 radical (unpaired) electrons. The minimum atomic E-state index is -0.0946. The lowest BCUT2D eigenvalue weighted by Crippen LogP contribution is -2.22. The number of aryl methyl sites for hydroxylation is 1. The normalized spacial score (nSPS) is 16.1.